The summed E-state index contributed by atoms with van der Waals surface area (Å²) in [4.78, 5) is 17.2. The molecule has 1 heterocycles. The van der Waals surface area contributed by atoms with Crippen LogP contribution >= 0.6 is 8.53 Å². The Kier molecular flexibility index (Phi) is 8.72. The lowest BCUT2D eigenvalue weighted by molar-refractivity contribution is 0.175. The fourth-order valence-electron chi connectivity index (χ4n) is 3.56. The van der Waals surface area contributed by atoms with E-state index in [1.54, 1.807) is 0 Å². The molecular weight excluding hydrogens is 425 g/mol. The van der Waals surface area contributed by atoms with Crippen molar-refractivity contribution < 1.29 is 13.5 Å². The van der Waals surface area contributed by atoms with E-state index in [0.29, 0.717) is 55.1 Å². The van der Waals surface area contributed by atoms with Gasteiger partial charge in [-0.25, -0.2) is 9.65 Å². The normalized spacial score (nSPS) is 12.8. The lowest BCUT2D eigenvalue weighted by Gasteiger charge is -2.35. The largest absolute Gasteiger partial charge is 0.453 e. The van der Waals surface area contributed by atoms with Crippen molar-refractivity contribution in [1.82, 2.24) is 9.65 Å². The first kappa shape index (κ1) is 24.3. The van der Waals surface area contributed by atoms with E-state index >= 15 is 0 Å². The van der Waals surface area contributed by atoms with Gasteiger partial charge in [0.15, 0.2) is 16.8 Å². The molecule has 1 unspecified atom stereocenters. The van der Waals surface area contributed by atoms with Gasteiger partial charge in [0.2, 0.25) is 0 Å². The molecule has 1 atom stereocenters. The van der Waals surface area contributed by atoms with E-state index in [0.717, 1.165) is 5.52 Å². The SMILES string of the molecule is CC(C)N(C(C)C)P(OCCC#N)OCCCc1cc2nc3ccccc3oc-2cc1=O. The third kappa shape index (κ3) is 6.11. The molecule has 0 aromatic heterocycles. The van der Waals surface area contributed by atoms with E-state index in [1.165, 1.54) is 6.07 Å². The highest BCUT2D eigenvalue weighted by atomic mass is 31.2. The molecule has 7 nitrogen and oxygen atoms in total. The summed E-state index contributed by atoms with van der Waals surface area (Å²) in [5.41, 5.74) is 2.73. The van der Waals surface area contributed by atoms with Crippen LogP contribution in [-0.2, 0) is 15.5 Å². The van der Waals surface area contributed by atoms with Crippen LogP contribution in [0, 0.1) is 11.3 Å². The van der Waals surface area contributed by atoms with E-state index in [-0.39, 0.29) is 17.5 Å². The maximum atomic E-state index is 12.6. The Hall–Kier alpha value is -2.36. The zero-order valence-electron chi connectivity index (χ0n) is 19.1. The molecule has 1 aromatic rings. The Morgan fingerprint density at radius 1 is 1.12 bits per heavy atom. The van der Waals surface area contributed by atoms with Crippen LogP contribution < -0.4 is 5.43 Å². The standard InChI is InChI=1S/C24H30N3O4P/c1-17(2)27(18(3)4)32(30-14-8-12-25)29-13-7-9-19-15-21-24(16-22(19)28)31-23-11-6-5-10-20(23)26-21/h5-6,10-11,15-18H,7-9,13-14H2,1-4H3. The Labute approximate surface area is 190 Å². The number of rotatable bonds is 11. The molecule has 0 bridgehead atoms. The summed E-state index contributed by atoms with van der Waals surface area (Å²) in [6.45, 7) is 9.22. The van der Waals surface area contributed by atoms with E-state index in [1.807, 2.05) is 30.3 Å². The summed E-state index contributed by atoms with van der Waals surface area (Å²) < 4.78 is 20.0. The average molecular weight is 455 g/mol. The Morgan fingerprint density at radius 3 is 2.56 bits per heavy atom. The highest BCUT2D eigenvalue weighted by Gasteiger charge is 2.27. The lowest BCUT2D eigenvalue weighted by Crippen LogP contribution is -2.33. The second kappa shape index (κ2) is 11.5. The third-order valence-electron chi connectivity index (χ3n) is 4.92. The van der Waals surface area contributed by atoms with E-state index < -0.39 is 8.53 Å². The van der Waals surface area contributed by atoms with Crippen molar-refractivity contribution in [3.8, 4) is 17.5 Å². The first-order valence-electron chi connectivity index (χ1n) is 10.9. The minimum absolute atomic E-state index is 0.0585. The molecule has 8 heteroatoms. The molecule has 0 N–H and O–H groups in total. The van der Waals surface area contributed by atoms with Crippen molar-refractivity contribution in [3.63, 3.8) is 0 Å². The number of aryl methyl sites for hydroxylation is 1. The summed E-state index contributed by atoms with van der Waals surface area (Å²) in [7, 11) is -1.27. The number of para-hydroxylation sites is 2. The molecule has 0 spiro atoms. The van der Waals surface area contributed by atoms with Gasteiger partial charge in [0.1, 0.15) is 11.2 Å². The molecule has 1 aromatic carbocycles. The van der Waals surface area contributed by atoms with Gasteiger partial charge in [-0.15, -0.1) is 0 Å². The average Bonchev–Trinajstić information content (AvgIpc) is 2.75. The third-order valence-corrected chi connectivity index (χ3v) is 7.03. The Bertz CT molecular complexity index is 1080. The highest BCUT2D eigenvalue weighted by Crippen LogP contribution is 2.46. The molecule has 170 valence electrons. The topological polar surface area (TPSA) is 88.6 Å². The molecule has 0 fully saturated rings. The second-order valence-electron chi connectivity index (χ2n) is 8.09. The molecule has 1 aliphatic heterocycles. The van der Waals surface area contributed by atoms with Crippen LogP contribution in [0.5, 0.6) is 0 Å². The van der Waals surface area contributed by atoms with Crippen LogP contribution in [0.3, 0.4) is 0 Å². The fraction of sp³-hybridized carbons (Fsp3) is 0.458. The van der Waals surface area contributed by atoms with E-state index in [4.69, 9.17) is 18.7 Å². The molecule has 1 aliphatic carbocycles. The summed E-state index contributed by atoms with van der Waals surface area (Å²) in [5, 5.41) is 8.82. The van der Waals surface area contributed by atoms with Crippen LogP contribution in [0.4, 0.5) is 0 Å². The maximum Gasteiger partial charge on any atom is 0.259 e. The highest BCUT2D eigenvalue weighted by molar-refractivity contribution is 7.44. The van der Waals surface area contributed by atoms with Gasteiger partial charge >= 0.3 is 0 Å². The Morgan fingerprint density at radius 2 is 1.84 bits per heavy atom. The van der Waals surface area contributed by atoms with Crippen LogP contribution in [-0.4, -0.2) is 35.0 Å². The van der Waals surface area contributed by atoms with Crippen molar-refractivity contribution in [2.45, 2.75) is 59.0 Å². The van der Waals surface area contributed by atoms with Gasteiger partial charge in [-0.05, 0) is 58.7 Å². The quantitative estimate of drug-likeness (QED) is 0.214. The number of nitrogens with zero attached hydrogens (tertiary/aromatic N) is 3. The minimum atomic E-state index is -1.27. The zero-order chi connectivity index (χ0) is 23.1. The summed E-state index contributed by atoms with van der Waals surface area (Å²) >= 11 is 0. The number of hydrogen-bond acceptors (Lipinski definition) is 7. The van der Waals surface area contributed by atoms with Crippen molar-refractivity contribution in [2.75, 3.05) is 13.2 Å². The van der Waals surface area contributed by atoms with Gasteiger partial charge < -0.3 is 13.5 Å². The van der Waals surface area contributed by atoms with Gasteiger partial charge in [-0.2, -0.15) is 5.26 Å². The second-order valence-corrected chi connectivity index (χ2v) is 9.55. The minimum Gasteiger partial charge on any atom is -0.453 e. The first-order valence-corrected chi connectivity index (χ1v) is 12.1. The first-order chi connectivity index (χ1) is 15.4. The summed E-state index contributed by atoms with van der Waals surface area (Å²) in [5.74, 6) is 0.493. The van der Waals surface area contributed by atoms with Crippen LogP contribution in [0.1, 0.15) is 46.1 Å². The predicted molar refractivity (Wildman–Crippen MR) is 126 cm³/mol. The smallest absolute Gasteiger partial charge is 0.259 e. The molecule has 2 aliphatic rings. The van der Waals surface area contributed by atoms with Crippen molar-refractivity contribution in [1.29, 1.82) is 5.26 Å². The zero-order valence-corrected chi connectivity index (χ0v) is 20.0. The predicted octanol–water partition coefficient (Wildman–Crippen LogP) is 5.52. The van der Waals surface area contributed by atoms with Gasteiger partial charge in [0.05, 0.1) is 25.7 Å². The van der Waals surface area contributed by atoms with E-state index in [2.05, 4.69) is 43.4 Å². The maximum absolute atomic E-state index is 12.6. The van der Waals surface area contributed by atoms with Gasteiger partial charge in [-0.3, -0.25) is 4.79 Å². The molecule has 0 radical (unpaired) electrons. The molecule has 0 saturated heterocycles. The van der Waals surface area contributed by atoms with Crippen molar-refractivity contribution >= 4 is 19.6 Å². The Balaban J connectivity index is 1.66. The number of fused-ring (bicyclic) bond motifs is 2. The van der Waals surface area contributed by atoms with Crippen LogP contribution in [0.15, 0.2) is 45.6 Å². The van der Waals surface area contributed by atoms with Gasteiger partial charge in [-0.1, -0.05) is 12.1 Å². The fourth-order valence-corrected chi connectivity index (χ4v) is 5.19. The summed E-state index contributed by atoms with van der Waals surface area (Å²) in [6, 6.07) is 13.5. The lowest BCUT2D eigenvalue weighted by atomic mass is 10.1. The number of benzene rings is 2. The molecule has 3 rings (SSSR count). The number of nitriles is 1. The summed E-state index contributed by atoms with van der Waals surface area (Å²) in [6.07, 6.45) is 1.58. The number of aromatic nitrogens is 1. The molecule has 32 heavy (non-hydrogen) atoms. The molecular formula is C24H30N3O4P. The van der Waals surface area contributed by atoms with Crippen LogP contribution in [0.2, 0.25) is 0 Å². The molecule has 0 saturated carbocycles. The van der Waals surface area contributed by atoms with Crippen LogP contribution in [0.25, 0.3) is 22.6 Å². The monoisotopic (exact) mass is 455 g/mol. The van der Waals surface area contributed by atoms with Crippen molar-refractivity contribution in [3.05, 3.63) is 52.2 Å². The molecule has 0 amide bonds. The van der Waals surface area contributed by atoms with E-state index in [9.17, 15) is 4.79 Å². The number of hydrogen-bond donors (Lipinski definition) is 0. The van der Waals surface area contributed by atoms with Gasteiger partial charge in [0.25, 0.3) is 8.53 Å². The van der Waals surface area contributed by atoms with Crippen molar-refractivity contribution in [2.24, 2.45) is 0 Å². The van der Waals surface area contributed by atoms with Gasteiger partial charge in [0, 0.05) is 23.7 Å².